The van der Waals surface area contributed by atoms with Crippen molar-refractivity contribution in [2.75, 3.05) is 5.88 Å². The number of nitrogens with zero attached hydrogens (tertiary/aromatic N) is 2. The molecule has 0 unspecified atom stereocenters. The quantitative estimate of drug-likeness (QED) is 0.608. The Kier molecular flexibility index (Phi) is 4.27. The molecule has 0 spiro atoms. The van der Waals surface area contributed by atoms with Crippen molar-refractivity contribution in [2.24, 2.45) is 0 Å². The molecule has 0 saturated heterocycles. The van der Waals surface area contributed by atoms with Gasteiger partial charge in [-0.1, -0.05) is 28.1 Å². The van der Waals surface area contributed by atoms with Gasteiger partial charge in [-0.15, -0.1) is 11.6 Å². The molecule has 2 aromatic carbocycles. The molecule has 0 saturated carbocycles. The molecule has 0 aliphatic heterocycles. The maximum atomic E-state index is 13.4. The summed E-state index contributed by atoms with van der Waals surface area (Å²) >= 11 is 9.36. The maximum absolute atomic E-state index is 13.4. The van der Waals surface area contributed by atoms with Crippen LogP contribution in [0.3, 0.4) is 0 Å². The van der Waals surface area contributed by atoms with E-state index in [1.54, 1.807) is 12.1 Å². The van der Waals surface area contributed by atoms with Crippen molar-refractivity contribution in [2.45, 2.75) is 13.0 Å². The number of alkyl halides is 1. The first-order valence-electron chi connectivity index (χ1n) is 6.62. The second-order valence-electron chi connectivity index (χ2n) is 4.82. The lowest BCUT2D eigenvalue weighted by atomic mass is 10.2. The molecule has 0 N–H and O–H groups in total. The number of rotatable bonds is 4. The third-order valence-electron chi connectivity index (χ3n) is 3.34. The van der Waals surface area contributed by atoms with Crippen molar-refractivity contribution in [1.29, 1.82) is 0 Å². The molecule has 2 nitrogen and oxygen atoms in total. The Morgan fingerprint density at radius 1 is 1.19 bits per heavy atom. The molecular weight excluding hydrogens is 355 g/mol. The summed E-state index contributed by atoms with van der Waals surface area (Å²) in [5, 5.41) is 0. The molecule has 21 heavy (non-hydrogen) atoms. The highest BCUT2D eigenvalue weighted by Crippen LogP contribution is 2.23. The predicted octanol–water partition coefficient (Wildman–Crippen LogP) is 4.77. The van der Waals surface area contributed by atoms with Gasteiger partial charge in [0.05, 0.1) is 11.0 Å². The van der Waals surface area contributed by atoms with E-state index in [9.17, 15) is 4.39 Å². The van der Waals surface area contributed by atoms with Crippen LogP contribution >= 0.6 is 27.5 Å². The normalized spacial score (nSPS) is 11.2. The highest BCUT2D eigenvalue weighted by atomic mass is 79.9. The van der Waals surface area contributed by atoms with Gasteiger partial charge in [0.1, 0.15) is 11.6 Å². The van der Waals surface area contributed by atoms with E-state index in [1.165, 1.54) is 6.07 Å². The van der Waals surface area contributed by atoms with Gasteiger partial charge >= 0.3 is 0 Å². The number of benzene rings is 2. The van der Waals surface area contributed by atoms with E-state index in [2.05, 4.69) is 25.5 Å². The molecule has 0 bridgehead atoms. The monoisotopic (exact) mass is 366 g/mol. The third-order valence-corrected chi connectivity index (χ3v) is 4.02. The fourth-order valence-corrected chi connectivity index (χ4v) is 2.93. The van der Waals surface area contributed by atoms with Crippen LogP contribution in [0.2, 0.25) is 0 Å². The van der Waals surface area contributed by atoms with Crippen LogP contribution in [-0.4, -0.2) is 15.4 Å². The summed E-state index contributed by atoms with van der Waals surface area (Å²) in [5.74, 6) is 1.20. The third kappa shape index (κ3) is 3.11. The summed E-state index contributed by atoms with van der Waals surface area (Å²) in [4.78, 5) is 4.63. The molecular formula is C16H13BrClFN2. The van der Waals surface area contributed by atoms with E-state index in [-0.39, 0.29) is 5.82 Å². The fraction of sp³-hybridized carbons (Fsp3) is 0.188. The van der Waals surface area contributed by atoms with Gasteiger partial charge in [-0.2, -0.15) is 0 Å². The average Bonchev–Trinajstić information content (AvgIpc) is 2.77. The van der Waals surface area contributed by atoms with Gasteiger partial charge in [0.2, 0.25) is 0 Å². The van der Waals surface area contributed by atoms with Crippen molar-refractivity contribution in [3.05, 3.63) is 64.1 Å². The number of aromatic nitrogens is 2. The molecule has 0 atom stereocenters. The van der Waals surface area contributed by atoms with E-state index in [4.69, 9.17) is 11.6 Å². The van der Waals surface area contributed by atoms with E-state index in [1.807, 2.05) is 24.3 Å². The van der Waals surface area contributed by atoms with Gasteiger partial charge in [-0.25, -0.2) is 9.37 Å². The van der Waals surface area contributed by atoms with Gasteiger partial charge in [0, 0.05) is 23.3 Å². The fourth-order valence-electron chi connectivity index (χ4n) is 2.42. The lowest BCUT2D eigenvalue weighted by Crippen LogP contribution is -2.06. The van der Waals surface area contributed by atoms with E-state index >= 15 is 0 Å². The summed E-state index contributed by atoms with van der Waals surface area (Å²) in [6, 6.07) is 12.6. The summed E-state index contributed by atoms with van der Waals surface area (Å²) < 4.78 is 16.5. The Bertz CT molecular complexity index is 785. The van der Waals surface area contributed by atoms with Gasteiger partial charge in [0.15, 0.2) is 0 Å². The minimum absolute atomic E-state index is 0.225. The zero-order chi connectivity index (χ0) is 14.8. The number of fused-ring (bicyclic) bond motifs is 1. The second-order valence-corrected chi connectivity index (χ2v) is 6.11. The van der Waals surface area contributed by atoms with Crippen molar-refractivity contribution < 1.29 is 4.39 Å². The Labute approximate surface area is 135 Å². The minimum Gasteiger partial charge on any atom is -0.323 e. The van der Waals surface area contributed by atoms with Crippen LogP contribution in [0, 0.1) is 5.82 Å². The van der Waals surface area contributed by atoms with Crippen LogP contribution < -0.4 is 0 Å². The molecule has 0 amide bonds. The lowest BCUT2D eigenvalue weighted by molar-refractivity contribution is 0.623. The van der Waals surface area contributed by atoms with Crippen LogP contribution in [0.5, 0.6) is 0 Å². The number of halogens is 3. The molecule has 1 aromatic heterocycles. The van der Waals surface area contributed by atoms with Crippen molar-refractivity contribution >= 4 is 38.6 Å². The van der Waals surface area contributed by atoms with E-state index < -0.39 is 0 Å². The van der Waals surface area contributed by atoms with Crippen LogP contribution in [0.15, 0.2) is 46.9 Å². The topological polar surface area (TPSA) is 17.8 Å². The molecule has 0 radical (unpaired) electrons. The molecule has 3 rings (SSSR count). The molecule has 108 valence electrons. The smallest absolute Gasteiger partial charge is 0.123 e. The van der Waals surface area contributed by atoms with Gasteiger partial charge in [-0.3, -0.25) is 0 Å². The molecule has 1 heterocycles. The largest absolute Gasteiger partial charge is 0.323 e. The second kappa shape index (κ2) is 6.16. The van der Waals surface area contributed by atoms with Gasteiger partial charge < -0.3 is 4.57 Å². The first-order valence-corrected chi connectivity index (χ1v) is 7.95. The summed E-state index contributed by atoms with van der Waals surface area (Å²) in [6.45, 7) is 0.580. The van der Waals surface area contributed by atoms with E-state index in [0.29, 0.717) is 18.8 Å². The van der Waals surface area contributed by atoms with Crippen molar-refractivity contribution in [1.82, 2.24) is 9.55 Å². The van der Waals surface area contributed by atoms with Crippen molar-refractivity contribution in [3.63, 3.8) is 0 Å². The highest BCUT2D eigenvalue weighted by Gasteiger charge is 2.11. The zero-order valence-electron chi connectivity index (χ0n) is 11.2. The summed E-state index contributed by atoms with van der Waals surface area (Å²) in [7, 11) is 0. The summed E-state index contributed by atoms with van der Waals surface area (Å²) in [6.07, 6.45) is 0.684. The Morgan fingerprint density at radius 2 is 2.05 bits per heavy atom. The lowest BCUT2D eigenvalue weighted by Gasteiger charge is -2.09. The Balaban J connectivity index is 2.10. The highest BCUT2D eigenvalue weighted by molar-refractivity contribution is 9.10. The van der Waals surface area contributed by atoms with Gasteiger partial charge in [-0.05, 0) is 35.9 Å². The van der Waals surface area contributed by atoms with Crippen LogP contribution in [-0.2, 0) is 13.0 Å². The number of aryl methyl sites for hydroxylation is 1. The SMILES string of the molecule is Fc1cccc(Cn2c(CCCl)nc3ccc(Br)cc32)c1. The molecule has 3 aromatic rings. The first kappa shape index (κ1) is 14.5. The predicted molar refractivity (Wildman–Crippen MR) is 87.4 cm³/mol. The number of hydrogen-bond donors (Lipinski definition) is 0. The minimum atomic E-state index is -0.225. The van der Waals surface area contributed by atoms with Crippen molar-refractivity contribution in [3.8, 4) is 0 Å². The molecule has 0 aliphatic rings. The molecule has 0 aliphatic carbocycles. The van der Waals surface area contributed by atoms with Crippen LogP contribution in [0.4, 0.5) is 4.39 Å². The maximum Gasteiger partial charge on any atom is 0.123 e. The Hall–Kier alpha value is -1.39. The molecule has 0 fully saturated rings. The molecule has 5 heteroatoms. The Morgan fingerprint density at radius 3 is 2.81 bits per heavy atom. The average molecular weight is 368 g/mol. The first-order chi connectivity index (χ1) is 10.2. The van der Waals surface area contributed by atoms with E-state index in [0.717, 1.165) is 26.9 Å². The standard InChI is InChI=1S/C16H13BrClFN2/c17-12-4-5-14-15(9-12)21(16(20-14)6-7-18)10-11-2-1-3-13(19)8-11/h1-5,8-9H,6-7,10H2. The van der Waals surface area contributed by atoms with Crippen LogP contribution in [0.1, 0.15) is 11.4 Å². The van der Waals surface area contributed by atoms with Crippen LogP contribution in [0.25, 0.3) is 11.0 Å². The number of hydrogen-bond acceptors (Lipinski definition) is 1. The van der Waals surface area contributed by atoms with Gasteiger partial charge in [0.25, 0.3) is 0 Å². The number of imidazole rings is 1. The summed E-state index contributed by atoms with van der Waals surface area (Å²) in [5.41, 5.74) is 2.86. The zero-order valence-corrected chi connectivity index (χ0v) is 13.5.